The Labute approximate surface area is 107 Å². The van der Waals surface area contributed by atoms with Gasteiger partial charge in [-0.3, -0.25) is 0 Å². The van der Waals surface area contributed by atoms with E-state index in [1.54, 1.807) is 14.2 Å². The molecule has 0 unspecified atom stereocenters. The van der Waals surface area contributed by atoms with E-state index in [9.17, 15) is 0 Å². The van der Waals surface area contributed by atoms with Crippen molar-refractivity contribution in [3.8, 4) is 17.2 Å². The van der Waals surface area contributed by atoms with Crippen molar-refractivity contribution in [2.45, 2.75) is 6.92 Å². The van der Waals surface area contributed by atoms with Crippen LogP contribution in [0, 0.1) is 6.92 Å². The molecule has 0 radical (unpaired) electrons. The summed E-state index contributed by atoms with van der Waals surface area (Å²) in [7, 11) is 3.19. The largest absolute Gasteiger partial charge is 0.493 e. The molecular formula is C13H17ClO3. The van der Waals surface area contributed by atoms with Gasteiger partial charge in [0.15, 0.2) is 11.5 Å². The molecule has 0 fully saturated rings. The number of ether oxygens (including phenoxy) is 3. The van der Waals surface area contributed by atoms with Crippen LogP contribution in [-0.4, -0.2) is 26.7 Å². The summed E-state index contributed by atoms with van der Waals surface area (Å²) >= 11 is 5.65. The third kappa shape index (κ3) is 3.56. The Bertz CT molecular complexity index is 377. The normalized spacial score (nSPS) is 9.88. The van der Waals surface area contributed by atoms with Gasteiger partial charge in [0.25, 0.3) is 0 Å². The summed E-state index contributed by atoms with van der Waals surface area (Å²) in [6, 6.07) is 3.78. The quantitative estimate of drug-likeness (QED) is 0.578. The van der Waals surface area contributed by atoms with Crippen LogP contribution in [0.25, 0.3) is 0 Å². The molecule has 0 aromatic heterocycles. The molecule has 0 amide bonds. The molecule has 94 valence electrons. The van der Waals surface area contributed by atoms with Crippen molar-refractivity contribution in [1.29, 1.82) is 0 Å². The van der Waals surface area contributed by atoms with Crippen molar-refractivity contribution < 1.29 is 14.2 Å². The van der Waals surface area contributed by atoms with Crippen LogP contribution in [0.5, 0.6) is 17.2 Å². The highest BCUT2D eigenvalue weighted by atomic mass is 35.5. The lowest BCUT2D eigenvalue weighted by Crippen LogP contribution is -2.04. The summed E-state index contributed by atoms with van der Waals surface area (Å²) in [5.74, 6) is 2.23. The maximum atomic E-state index is 5.65. The molecule has 3 nitrogen and oxygen atoms in total. The van der Waals surface area contributed by atoms with E-state index in [1.807, 2.05) is 19.1 Å². The summed E-state index contributed by atoms with van der Waals surface area (Å²) in [5.41, 5.74) is 1.85. The van der Waals surface area contributed by atoms with Gasteiger partial charge in [0, 0.05) is 5.88 Å². The molecule has 0 aliphatic carbocycles. The van der Waals surface area contributed by atoms with E-state index in [4.69, 9.17) is 25.8 Å². The fourth-order valence-corrected chi connectivity index (χ4v) is 1.44. The molecule has 0 saturated carbocycles. The van der Waals surface area contributed by atoms with Gasteiger partial charge in [0.05, 0.1) is 14.2 Å². The van der Waals surface area contributed by atoms with Gasteiger partial charge in [-0.25, -0.2) is 0 Å². The second-order valence-corrected chi connectivity index (χ2v) is 3.94. The minimum Gasteiger partial charge on any atom is -0.493 e. The molecule has 1 aromatic rings. The third-order valence-electron chi connectivity index (χ3n) is 2.21. The molecule has 0 bridgehead atoms. The molecule has 17 heavy (non-hydrogen) atoms. The Morgan fingerprint density at radius 3 is 2.18 bits per heavy atom. The predicted octanol–water partition coefficient (Wildman–Crippen LogP) is 3.19. The Morgan fingerprint density at radius 1 is 1.24 bits per heavy atom. The molecule has 0 heterocycles. The average molecular weight is 257 g/mol. The summed E-state index contributed by atoms with van der Waals surface area (Å²) in [6.45, 7) is 6.09. The van der Waals surface area contributed by atoms with Crippen LogP contribution in [0.2, 0.25) is 0 Å². The van der Waals surface area contributed by atoms with Gasteiger partial charge in [0.1, 0.15) is 6.61 Å². The van der Waals surface area contributed by atoms with Crippen LogP contribution in [0.4, 0.5) is 0 Å². The number of rotatable bonds is 6. The SMILES string of the molecule is C=C(CCl)COc1c(OC)cc(C)cc1OC. The average Bonchev–Trinajstić information content (AvgIpc) is 2.35. The fourth-order valence-electron chi connectivity index (χ4n) is 1.37. The molecule has 0 aliphatic rings. The maximum absolute atomic E-state index is 5.65. The van der Waals surface area contributed by atoms with Crippen molar-refractivity contribution in [2.75, 3.05) is 26.7 Å². The molecule has 0 atom stereocenters. The Hall–Kier alpha value is -1.35. The number of methoxy groups -OCH3 is 2. The second kappa shape index (κ2) is 6.40. The van der Waals surface area contributed by atoms with Crippen LogP contribution in [-0.2, 0) is 0 Å². The first-order valence-electron chi connectivity index (χ1n) is 5.20. The molecule has 0 saturated heterocycles. The first kappa shape index (κ1) is 13.7. The van der Waals surface area contributed by atoms with Gasteiger partial charge in [0.2, 0.25) is 5.75 Å². The first-order valence-corrected chi connectivity index (χ1v) is 5.73. The second-order valence-electron chi connectivity index (χ2n) is 3.67. The Balaban J connectivity index is 2.98. The van der Waals surface area contributed by atoms with Crippen molar-refractivity contribution in [2.24, 2.45) is 0 Å². The maximum Gasteiger partial charge on any atom is 0.203 e. The molecule has 4 heteroatoms. The number of alkyl halides is 1. The first-order chi connectivity index (χ1) is 8.12. The van der Waals surface area contributed by atoms with Gasteiger partial charge in [-0.2, -0.15) is 0 Å². The smallest absolute Gasteiger partial charge is 0.203 e. The summed E-state index contributed by atoms with van der Waals surface area (Å²) < 4.78 is 16.2. The highest BCUT2D eigenvalue weighted by molar-refractivity contribution is 6.19. The molecule has 0 aliphatic heterocycles. The van der Waals surface area contributed by atoms with E-state index < -0.39 is 0 Å². The number of hydrogen-bond donors (Lipinski definition) is 0. The minimum atomic E-state index is 0.347. The van der Waals surface area contributed by atoms with Gasteiger partial charge >= 0.3 is 0 Å². The van der Waals surface area contributed by atoms with Crippen LogP contribution in [0.15, 0.2) is 24.3 Å². The molecule has 1 aromatic carbocycles. The Morgan fingerprint density at radius 2 is 1.76 bits per heavy atom. The van der Waals surface area contributed by atoms with Crippen LogP contribution in [0.3, 0.4) is 0 Å². The monoisotopic (exact) mass is 256 g/mol. The van der Waals surface area contributed by atoms with Crippen molar-refractivity contribution >= 4 is 11.6 Å². The summed E-state index contributed by atoms with van der Waals surface area (Å²) in [4.78, 5) is 0. The van der Waals surface area contributed by atoms with Crippen molar-refractivity contribution in [1.82, 2.24) is 0 Å². The van der Waals surface area contributed by atoms with E-state index in [-0.39, 0.29) is 0 Å². The lowest BCUT2D eigenvalue weighted by Gasteiger charge is -2.15. The van der Waals surface area contributed by atoms with E-state index >= 15 is 0 Å². The van der Waals surface area contributed by atoms with Crippen molar-refractivity contribution in [3.05, 3.63) is 29.8 Å². The molecule has 1 rings (SSSR count). The number of aryl methyl sites for hydroxylation is 1. The van der Waals surface area contributed by atoms with Gasteiger partial charge in [-0.1, -0.05) is 6.58 Å². The topological polar surface area (TPSA) is 27.7 Å². The van der Waals surface area contributed by atoms with Crippen LogP contribution in [0.1, 0.15) is 5.56 Å². The summed E-state index contributed by atoms with van der Waals surface area (Å²) in [6.07, 6.45) is 0. The third-order valence-corrected chi connectivity index (χ3v) is 2.59. The zero-order valence-electron chi connectivity index (χ0n) is 10.4. The zero-order chi connectivity index (χ0) is 12.8. The van der Waals surface area contributed by atoms with E-state index in [1.165, 1.54) is 0 Å². The lowest BCUT2D eigenvalue weighted by atomic mass is 10.2. The minimum absolute atomic E-state index is 0.347. The molecule has 0 N–H and O–H groups in total. The lowest BCUT2D eigenvalue weighted by molar-refractivity contribution is 0.295. The number of halogens is 1. The fraction of sp³-hybridized carbons (Fsp3) is 0.385. The standard InChI is InChI=1S/C13H17ClO3/c1-9-5-11(15-3)13(12(6-9)16-4)17-8-10(2)7-14/h5-6H,2,7-8H2,1,3-4H3. The highest BCUT2D eigenvalue weighted by Crippen LogP contribution is 2.38. The summed E-state index contributed by atoms with van der Waals surface area (Å²) in [5, 5.41) is 0. The van der Waals surface area contributed by atoms with Gasteiger partial charge in [-0.15, -0.1) is 11.6 Å². The zero-order valence-corrected chi connectivity index (χ0v) is 11.1. The van der Waals surface area contributed by atoms with Gasteiger partial charge in [-0.05, 0) is 30.2 Å². The molecule has 0 spiro atoms. The Kier molecular flexibility index (Phi) is 5.16. The van der Waals surface area contributed by atoms with E-state index in [0.29, 0.717) is 29.7 Å². The number of hydrogen-bond acceptors (Lipinski definition) is 3. The predicted molar refractivity (Wildman–Crippen MR) is 69.6 cm³/mol. The van der Waals surface area contributed by atoms with E-state index in [2.05, 4.69) is 6.58 Å². The van der Waals surface area contributed by atoms with Crippen molar-refractivity contribution in [3.63, 3.8) is 0 Å². The van der Waals surface area contributed by atoms with E-state index in [0.717, 1.165) is 11.1 Å². The van der Waals surface area contributed by atoms with Crippen LogP contribution < -0.4 is 14.2 Å². The van der Waals surface area contributed by atoms with Gasteiger partial charge < -0.3 is 14.2 Å². The molecular weight excluding hydrogens is 240 g/mol. The van der Waals surface area contributed by atoms with Crippen LogP contribution >= 0.6 is 11.6 Å². The number of benzene rings is 1. The highest BCUT2D eigenvalue weighted by Gasteiger charge is 2.13.